The van der Waals surface area contributed by atoms with Crippen LogP contribution in [-0.2, 0) is 13.6 Å². The van der Waals surface area contributed by atoms with Crippen LogP contribution in [0.2, 0.25) is 0 Å². The summed E-state index contributed by atoms with van der Waals surface area (Å²) < 4.78 is 2.74. The molecule has 0 fully saturated rings. The summed E-state index contributed by atoms with van der Waals surface area (Å²) in [6.45, 7) is 3.61. The van der Waals surface area contributed by atoms with Crippen molar-refractivity contribution in [2.75, 3.05) is 13.6 Å². The number of rotatable bonds is 4. The molecule has 0 spiro atoms. The summed E-state index contributed by atoms with van der Waals surface area (Å²) in [4.78, 5) is 13.9. The maximum absolute atomic E-state index is 11.6. The normalized spacial score (nSPS) is 12.7. The second kappa shape index (κ2) is 6.52. The van der Waals surface area contributed by atoms with Gasteiger partial charge in [-0.3, -0.25) is 9.69 Å². The molecule has 1 heterocycles. The Kier molecular flexibility index (Phi) is 5.55. The second-order valence-electron chi connectivity index (χ2n) is 4.73. The SMILES string of the molecule is CC(CN)N(C)Cc1ccc2c(c1)sc(=O)n2C.Cl. The van der Waals surface area contributed by atoms with E-state index in [-0.39, 0.29) is 17.3 Å². The molecule has 0 aliphatic heterocycles. The van der Waals surface area contributed by atoms with Gasteiger partial charge < -0.3 is 10.3 Å². The molecule has 0 radical (unpaired) electrons. The Bertz CT molecular complexity index is 607. The van der Waals surface area contributed by atoms with Gasteiger partial charge in [0, 0.05) is 26.2 Å². The molecule has 19 heavy (non-hydrogen) atoms. The Morgan fingerprint density at radius 2 is 2.16 bits per heavy atom. The van der Waals surface area contributed by atoms with Gasteiger partial charge in [-0.1, -0.05) is 17.4 Å². The van der Waals surface area contributed by atoms with E-state index in [1.165, 1.54) is 16.9 Å². The maximum Gasteiger partial charge on any atom is 0.307 e. The minimum atomic E-state index is 0. The number of hydrogen-bond acceptors (Lipinski definition) is 4. The Labute approximate surface area is 123 Å². The van der Waals surface area contributed by atoms with Crippen molar-refractivity contribution in [3.05, 3.63) is 33.4 Å². The zero-order chi connectivity index (χ0) is 13.3. The predicted octanol–water partition coefficient (Wildman–Crippen LogP) is 1.80. The molecule has 0 saturated carbocycles. The van der Waals surface area contributed by atoms with E-state index in [2.05, 4.69) is 31.0 Å². The Hall–Kier alpha value is -0.880. The van der Waals surface area contributed by atoms with Crippen molar-refractivity contribution in [1.82, 2.24) is 9.47 Å². The largest absolute Gasteiger partial charge is 0.329 e. The lowest BCUT2D eigenvalue weighted by Crippen LogP contribution is -2.34. The van der Waals surface area contributed by atoms with Crippen LogP contribution < -0.4 is 10.6 Å². The molecular formula is C13H20ClN3OS. The van der Waals surface area contributed by atoms with Crippen LogP contribution in [-0.4, -0.2) is 29.1 Å². The lowest BCUT2D eigenvalue weighted by Gasteiger charge is -2.23. The van der Waals surface area contributed by atoms with E-state index in [9.17, 15) is 4.79 Å². The van der Waals surface area contributed by atoms with Gasteiger partial charge in [-0.05, 0) is 31.7 Å². The molecule has 1 atom stereocenters. The summed E-state index contributed by atoms with van der Waals surface area (Å²) in [5.74, 6) is 0. The fourth-order valence-corrected chi connectivity index (χ4v) is 2.84. The van der Waals surface area contributed by atoms with Crippen molar-refractivity contribution in [3.63, 3.8) is 0 Å². The number of benzene rings is 1. The van der Waals surface area contributed by atoms with Crippen LogP contribution in [0.5, 0.6) is 0 Å². The standard InChI is InChI=1S/C13H19N3OS.ClH/c1-9(7-14)15(2)8-10-4-5-11-12(6-10)18-13(17)16(11)3;/h4-6,9H,7-8,14H2,1-3H3;1H. The van der Waals surface area contributed by atoms with Crippen molar-refractivity contribution >= 4 is 34.0 Å². The number of likely N-dealkylation sites (N-methyl/N-ethyl adjacent to an activating group) is 1. The molecule has 1 unspecified atom stereocenters. The Morgan fingerprint density at radius 3 is 2.79 bits per heavy atom. The summed E-state index contributed by atoms with van der Waals surface area (Å²) in [6.07, 6.45) is 0. The summed E-state index contributed by atoms with van der Waals surface area (Å²) in [7, 11) is 3.87. The summed E-state index contributed by atoms with van der Waals surface area (Å²) >= 11 is 1.30. The van der Waals surface area contributed by atoms with Crippen LogP contribution in [0.15, 0.2) is 23.0 Å². The van der Waals surface area contributed by atoms with E-state index < -0.39 is 0 Å². The fourth-order valence-electron chi connectivity index (χ4n) is 1.90. The van der Waals surface area contributed by atoms with E-state index in [1.807, 2.05) is 13.1 Å². The summed E-state index contributed by atoms with van der Waals surface area (Å²) in [5, 5.41) is 0. The first-order chi connectivity index (χ1) is 8.52. The third kappa shape index (κ3) is 3.36. The number of thiazole rings is 1. The van der Waals surface area contributed by atoms with Crippen LogP contribution in [0.25, 0.3) is 10.2 Å². The van der Waals surface area contributed by atoms with Crippen molar-refractivity contribution in [3.8, 4) is 0 Å². The van der Waals surface area contributed by atoms with Crippen LogP contribution in [0.3, 0.4) is 0 Å². The number of aryl methyl sites for hydroxylation is 1. The van der Waals surface area contributed by atoms with Gasteiger partial charge in [0.15, 0.2) is 0 Å². The van der Waals surface area contributed by atoms with Crippen LogP contribution in [0.1, 0.15) is 12.5 Å². The van der Waals surface area contributed by atoms with Crippen LogP contribution in [0.4, 0.5) is 0 Å². The monoisotopic (exact) mass is 301 g/mol. The van der Waals surface area contributed by atoms with Gasteiger partial charge in [-0.15, -0.1) is 12.4 Å². The van der Waals surface area contributed by atoms with E-state index in [4.69, 9.17) is 5.73 Å². The summed E-state index contributed by atoms with van der Waals surface area (Å²) in [6, 6.07) is 6.55. The molecule has 0 aliphatic rings. The number of aromatic nitrogens is 1. The first-order valence-corrected chi connectivity index (χ1v) is 6.83. The van der Waals surface area contributed by atoms with Crippen molar-refractivity contribution in [1.29, 1.82) is 0 Å². The molecule has 4 nitrogen and oxygen atoms in total. The highest BCUT2D eigenvalue weighted by Gasteiger charge is 2.09. The minimum absolute atomic E-state index is 0. The second-order valence-corrected chi connectivity index (χ2v) is 5.72. The fraction of sp³-hybridized carbons (Fsp3) is 0.462. The molecule has 2 aromatic rings. The molecule has 0 aliphatic carbocycles. The third-order valence-electron chi connectivity index (χ3n) is 3.38. The van der Waals surface area contributed by atoms with E-state index >= 15 is 0 Å². The zero-order valence-corrected chi connectivity index (χ0v) is 13.1. The maximum atomic E-state index is 11.6. The van der Waals surface area contributed by atoms with Gasteiger partial charge in [-0.2, -0.15) is 0 Å². The molecule has 1 aromatic heterocycles. The van der Waals surface area contributed by atoms with Gasteiger partial charge in [-0.25, -0.2) is 0 Å². The number of nitrogens with zero attached hydrogens (tertiary/aromatic N) is 2. The number of halogens is 1. The third-order valence-corrected chi connectivity index (χ3v) is 4.38. The predicted molar refractivity (Wildman–Crippen MR) is 84.3 cm³/mol. The summed E-state index contributed by atoms with van der Waals surface area (Å²) in [5.41, 5.74) is 7.87. The highest BCUT2D eigenvalue weighted by molar-refractivity contribution is 7.16. The Balaban J connectivity index is 0.00000180. The lowest BCUT2D eigenvalue weighted by molar-refractivity contribution is 0.255. The molecule has 6 heteroatoms. The molecule has 0 amide bonds. The van der Waals surface area contributed by atoms with E-state index in [1.54, 1.807) is 4.57 Å². The van der Waals surface area contributed by atoms with Gasteiger partial charge in [0.2, 0.25) is 0 Å². The molecule has 2 rings (SSSR count). The van der Waals surface area contributed by atoms with E-state index in [0.717, 1.165) is 16.8 Å². The highest BCUT2D eigenvalue weighted by atomic mass is 35.5. The molecular weight excluding hydrogens is 282 g/mol. The quantitative estimate of drug-likeness (QED) is 0.937. The molecule has 0 bridgehead atoms. The van der Waals surface area contributed by atoms with Gasteiger partial charge in [0.25, 0.3) is 0 Å². The van der Waals surface area contributed by atoms with Crippen LogP contribution >= 0.6 is 23.7 Å². The molecule has 1 aromatic carbocycles. The average Bonchev–Trinajstić information content (AvgIpc) is 2.63. The van der Waals surface area contributed by atoms with Gasteiger partial charge in [0.1, 0.15) is 0 Å². The molecule has 0 saturated heterocycles. The highest BCUT2D eigenvalue weighted by Crippen LogP contribution is 2.19. The number of hydrogen-bond donors (Lipinski definition) is 1. The number of nitrogens with two attached hydrogens (primary N) is 1. The van der Waals surface area contributed by atoms with Crippen molar-refractivity contribution in [2.24, 2.45) is 12.8 Å². The first-order valence-electron chi connectivity index (χ1n) is 6.01. The zero-order valence-electron chi connectivity index (χ0n) is 11.4. The van der Waals surface area contributed by atoms with Crippen molar-refractivity contribution in [2.45, 2.75) is 19.5 Å². The Morgan fingerprint density at radius 1 is 1.47 bits per heavy atom. The van der Waals surface area contributed by atoms with Gasteiger partial charge in [0.05, 0.1) is 10.2 Å². The minimum Gasteiger partial charge on any atom is -0.329 e. The number of fused-ring (bicyclic) bond motifs is 1. The molecule has 106 valence electrons. The first kappa shape index (κ1) is 16.2. The topological polar surface area (TPSA) is 51.3 Å². The van der Waals surface area contributed by atoms with Crippen molar-refractivity contribution < 1.29 is 0 Å². The van der Waals surface area contributed by atoms with Crippen LogP contribution in [0, 0.1) is 0 Å². The van der Waals surface area contributed by atoms with Gasteiger partial charge >= 0.3 is 4.87 Å². The smallest absolute Gasteiger partial charge is 0.307 e. The average molecular weight is 302 g/mol. The lowest BCUT2D eigenvalue weighted by atomic mass is 10.2. The molecule has 2 N–H and O–H groups in total. The van der Waals surface area contributed by atoms with E-state index in [0.29, 0.717) is 12.6 Å².